The van der Waals surface area contributed by atoms with Crippen LogP contribution in [0.3, 0.4) is 0 Å². The van der Waals surface area contributed by atoms with Crippen LogP contribution in [0.25, 0.3) is 0 Å². The number of benzene rings is 1. The number of aromatic nitrogens is 2. The number of piperidine rings is 1. The van der Waals surface area contributed by atoms with Crippen LogP contribution in [0.15, 0.2) is 53.4 Å². The van der Waals surface area contributed by atoms with Crippen LogP contribution in [0.5, 0.6) is 0 Å². The van der Waals surface area contributed by atoms with Gasteiger partial charge in [-0.15, -0.1) is 0 Å². The molecule has 0 atom stereocenters. The molecule has 2 saturated heterocycles. The summed E-state index contributed by atoms with van der Waals surface area (Å²) in [5.41, 5.74) is 9.45. The zero-order valence-electron chi connectivity index (χ0n) is 25.1. The molecule has 2 aliphatic rings. The van der Waals surface area contributed by atoms with Crippen molar-refractivity contribution in [2.75, 3.05) is 88.3 Å². The lowest BCUT2D eigenvalue weighted by Crippen LogP contribution is -2.39. The van der Waals surface area contributed by atoms with E-state index in [1.54, 1.807) is 6.20 Å². The Bertz CT molecular complexity index is 1150. The lowest BCUT2D eigenvalue weighted by Gasteiger charge is -2.33. The molecule has 13 nitrogen and oxygen atoms in total. The summed E-state index contributed by atoms with van der Waals surface area (Å²) in [4.78, 5) is 25.4. The maximum atomic E-state index is 11.1. The number of methoxy groups -OCH3 is 1. The minimum absolute atomic E-state index is 0.247. The normalized spacial score (nSPS) is 16.5. The van der Waals surface area contributed by atoms with Crippen molar-refractivity contribution in [3.05, 3.63) is 53.9 Å². The van der Waals surface area contributed by atoms with Crippen molar-refractivity contribution in [2.45, 2.75) is 38.3 Å². The smallest absolute Gasteiger partial charge is 0.307 e. The van der Waals surface area contributed by atoms with Crippen LogP contribution in [0.2, 0.25) is 0 Å². The minimum atomic E-state index is -0.280. The monoisotopic (exact) mass is 595 g/mol. The van der Waals surface area contributed by atoms with Gasteiger partial charge in [0.15, 0.2) is 0 Å². The molecule has 1 aromatic heterocycles. The molecule has 43 heavy (non-hydrogen) atoms. The van der Waals surface area contributed by atoms with Gasteiger partial charge in [-0.2, -0.15) is 15.1 Å². The Kier molecular flexibility index (Phi) is 13.4. The van der Waals surface area contributed by atoms with Gasteiger partial charge >= 0.3 is 5.97 Å². The summed E-state index contributed by atoms with van der Waals surface area (Å²) in [6.07, 6.45) is 4.79. The Morgan fingerprint density at radius 1 is 1.14 bits per heavy atom. The van der Waals surface area contributed by atoms with E-state index in [-0.39, 0.29) is 12.4 Å². The van der Waals surface area contributed by atoms with Gasteiger partial charge in [0.1, 0.15) is 11.6 Å². The minimum Gasteiger partial charge on any atom is -0.469 e. The average molecular weight is 596 g/mol. The molecule has 3 heterocycles. The third-order valence-corrected chi connectivity index (χ3v) is 7.36. The van der Waals surface area contributed by atoms with Crippen molar-refractivity contribution < 1.29 is 19.0 Å². The first-order valence-corrected chi connectivity index (χ1v) is 15.1. The fourth-order valence-electron chi connectivity index (χ4n) is 4.95. The number of likely N-dealkylation sites (tertiary alicyclic amines) is 1. The van der Waals surface area contributed by atoms with Crippen molar-refractivity contribution in [1.29, 1.82) is 5.53 Å². The SMILES string of the molecule is COC(=O)CCOCCCN/C=C(/CNc1nc(NC2CCN(Cc3ccccc3)CC2)cc(N2CCOCC2)n1)N=N. The van der Waals surface area contributed by atoms with E-state index in [2.05, 4.69) is 65.9 Å². The molecule has 0 aliphatic carbocycles. The fourth-order valence-corrected chi connectivity index (χ4v) is 4.95. The molecule has 234 valence electrons. The molecule has 0 bridgehead atoms. The van der Waals surface area contributed by atoms with Gasteiger partial charge in [0.25, 0.3) is 0 Å². The highest BCUT2D eigenvalue weighted by Crippen LogP contribution is 2.23. The average Bonchev–Trinajstić information content (AvgIpc) is 3.05. The number of nitrogens with zero attached hydrogens (tertiary/aromatic N) is 5. The van der Waals surface area contributed by atoms with Gasteiger partial charge in [0, 0.05) is 64.2 Å². The predicted octanol–water partition coefficient (Wildman–Crippen LogP) is 3.23. The first-order chi connectivity index (χ1) is 21.1. The Balaban J connectivity index is 1.28. The van der Waals surface area contributed by atoms with E-state index >= 15 is 0 Å². The summed E-state index contributed by atoms with van der Waals surface area (Å²) in [7, 11) is 1.36. The number of anilines is 3. The molecule has 2 fully saturated rings. The van der Waals surface area contributed by atoms with E-state index in [4.69, 9.17) is 25.0 Å². The zero-order valence-corrected chi connectivity index (χ0v) is 25.1. The standard InChI is InChI=1S/C30H45N9O4/c1-41-29(40)10-17-42-16-5-11-32-21-26(37-31)22-33-30-35-27(20-28(36-30)39-14-18-43-19-15-39)34-25-8-12-38(13-9-25)23-24-6-3-2-4-7-24/h2-4,6-7,20-21,25,31-32H,5,8-19,22-23H2,1H3,(H2,33,34,35,36)/b26-21-,37-31?. The Morgan fingerprint density at radius 2 is 1.93 bits per heavy atom. The molecule has 2 aliphatic heterocycles. The number of carbonyl (C=O) groups excluding carboxylic acids is 1. The van der Waals surface area contributed by atoms with Gasteiger partial charge in [-0.25, -0.2) is 5.53 Å². The molecule has 4 rings (SSSR count). The van der Waals surface area contributed by atoms with E-state index in [9.17, 15) is 4.79 Å². The molecule has 0 saturated carbocycles. The molecule has 2 aromatic rings. The van der Waals surface area contributed by atoms with Crippen molar-refractivity contribution in [3.8, 4) is 0 Å². The number of morpholine rings is 1. The number of hydrogen-bond donors (Lipinski definition) is 4. The van der Waals surface area contributed by atoms with E-state index < -0.39 is 0 Å². The van der Waals surface area contributed by atoms with Crippen LogP contribution in [0, 0.1) is 5.53 Å². The van der Waals surface area contributed by atoms with Crippen LogP contribution in [-0.4, -0.2) is 99.7 Å². The summed E-state index contributed by atoms with van der Waals surface area (Å²) in [6.45, 7) is 7.75. The number of rotatable bonds is 17. The number of nitrogens with one attached hydrogen (secondary N) is 4. The van der Waals surface area contributed by atoms with Crippen molar-refractivity contribution >= 4 is 23.6 Å². The Morgan fingerprint density at radius 3 is 2.67 bits per heavy atom. The first-order valence-electron chi connectivity index (χ1n) is 15.1. The van der Waals surface area contributed by atoms with Crippen LogP contribution in [-0.2, 0) is 25.5 Å². The molecule has 13 heteroatoms. The van der Waals surface area contributed by atoms with Crippen LogP contribution in [0.1, 0.15) is 31.2 Å². The summed E-state index contributed by atoms with van der Waals surface area (Å²) in [5, 5.41) is 13.7. The number of ether oxygens (including phenoxy) is 3. The highest BCUT2D eigenvalue weighted by Gasteiger charge is 2.21. The topological polar surface area (TPSA) is 149 Å². The number of hydrogen-bond acceptors (Lipinski definition) is 13. The number of esters is 1. The number of carbonyl (C=O) groups is 1. The molecular weight excluding hydrogens is 550 g/mol. The second kappa shape index (κ2) is 18.0. The fraction of sp³-hybridized carbons (Fsp3) is 0.567. The zero-order chi connectivity index (χ0) is 30.1. The molecule has 0 unspecified atom stereocenters. The molecule has 0 spiro atoms. The van der Waals surface area contributed by atoms with Gasteiger partial charge in [-0.1, -0.05) is 30.3 Å². The van der Waals surface area contributed by atoms with Gasteiger partial charge in [0.05, 0.1) is 45.6 Å². The third-order valence-electron chi connectivity index (χ3n) is 7.36. The maximum absolute atomic E-state index is 11.1. The van der Waals surface area contributed by atoms with Gasteiger partial charge in [-0.3, -0.25) is 9.69 Å². The highest BCUT2D eigenvalue weighted by atomic mass is 16.5. The second-order valence-corrected chi connectivity index (χ2v) is 10.6. The van der Waals surface area contributed by atoms with Gasteiger partial charge in [0.2, 0.25) is 5.95 Å². The van der Waals surface area contributed by atoms with E-state index in [1.807, 2.05) is 6.07 Å². The first kappa shape index (κ1) is 32.1. The largest absolute Gasteiger partial charge is 0.469 e. The van der Waals surface area contributed by atoms with Crippen molar-refractivity contribution in [1.82, 2.24) is 20.2 Å². The van der Waals surface area contributed by atoms with Gasteiger partial charge < -0.3 is 35.1 Å². The Labute approximate surface area is 253 Å². The molecular formula is C30H45N9O4. The van der Waals surface area contributed by atoms with E-state index in [0.717, 1.165) is 63.6 Å². The van der Waals surface area contributed by atoms with E-state index in [1.165, 1.54) is 12.7 Å². The van der Waals surface area contributed by atoms with Crippen LogP contribution >= 0.6 is 0 Å². The molecule has 4 N–H and O–H groups in total. The summed E-state index contributed by atoms with van der Waals surface area (Å²) in [5.74, 6) is 1.85. The van der Waals surface area contributed by atoms with E-state index in [0.29, 0.717) is 57.2 Å². The van der Waals surface area contributed by atoms with Crippen LogP contribution in [0.4, 0.5) is 17.6 Å². The summed E-state index contributed by atoms with van der Waals surface area (Å²) < 4.78 is 15.6. The maximum Gasteiger partial charge on any atom is 0.307 e. The molecule has 1 aromatic carbocycles. The van der Waals surface area contributed by atoms with Crippen LogP contribution < -0.4 is 20.9 Å². The summed E-state index contributed by atoms with van der Waals surface area (Å²) in [6, 6.07) is 13.0. The molecule has 0 amide bonds. The molecule has 0 radical (unpaired) electrons. The predicted molar refractivity (Wildman–Crippen MR) is 165 cm³/mol. The highest BCUT2D eigenvalue weighted by molar-refractivity contribution is 5.69. The lowest BCUT2D eigenvalue weighted by atomic mass is 10.0. The van der Waals surface area contributed by atoms with Crippen molar-refractivity contribution in [3.63, 3.8) is 0 Å². The van der Waals surface area contributed by atoms with Crippen molar-refractivity contribution in [2.24, 2.45) is 5.11 Å². The summed E-state index contributed by atoms with van der Waals surface area (Å²) >= 11 is 0. The lowest BCUT2D eigenvalue weighted by molar-refractivity contribution is -0.141. The second-order valence-electron chi connectivity index (χ2n) is 10.6. The Hall–Kier alpha value is -3.81. The van der Waals surface area contributed by atoms with Gasteiger partial charge in [-0.05, 0) is 24.8 Å². The quantitative estimate of drug-likeness (QED) is 0.121. The third kappa shape index (κ3) is 11.4.